The average molecular weight is 438 g/mol. The minimum atomic E-state index is -4.51. The summed E-state index contributed by atoms with van der Waals surface area (Å²) in [7, 11) is 0. The monoisotopic (exact) mass is 438 g/mol. The van der Waals surface area contributed by atoms with Gasteiger partial charge >= 0.3 is 12.2 Å². The molecule has 31 heavy (non-hydrogen) atoms. The molecular weight excluding hydrogens is 420 g/mol. The van der Waals surface area contributed by atoms with E-state index < -0.39 is 36.1 Å². The van der Waals surface area contributed by atoms with Crippen LogP contribution in [0.3, 0.4) is 0 Å². The Morgan fingerprint density at radius 3 is 2.74 bits per heavy atom. The zero-order valence-electron chi connectivity index (χ0n) is 16.6. The first-order valence-corrected chi connectivity index (χ1v) is 9.28. The van der Waals surface area contributed by atoms with E-state index >= 15 is 0 Å². The van der Waals surface area contributed by atoms with Gasteiger partial charge in [0.15, 0.2) is 11.5 Å². The molecule has 1 aromatic carbocycles. The number of rotatable bonds is 4. The predicted octanol–water partition coefficient (Wildman–Crippen LogP) is 4.35. The van der Waals surface area contributed by atoms with Gasteiger partial charge in [0.1, 0.15) is 5.82 Å². The lowest BCUT2D eigenvalue weighted by Crippen LogP contribution is -2.43. The van der Waals surface area contributed by atoms with Crippen LogP contribution < -0.4 is 5.32 Å². The minimum Gasteiger partial charge on any atom is -0.316 e. The molecule has 8 nitrogen and oxygen atoms in total. The summed E-state index contributed by atoms with van der Waals surface area (Å²) < 4.78 is 53.3. The van der Waals surface area contributed by atoms with Crippen LogP contribution in [-0.2, 0) is 6.54 Å². The van der Waals surface area contributed by atoms with Gasteiger partial charge in [0, 0.05) is 18.7 Å². The van der Waals surface area contributed by atoms with E-state index in [1.807, 2.05) is 0 Å². The van der Waals surface area contributed by atoms with Gasteiger partial charge in [-0.15, -0.1) is 5.10 Å². The summed E-state index contributed by atoms with van der Waals surface area (Å²) in [5.41, 5.74) is 0.00284. The average Bonchev–Trinajstić information content (AvgIpc) is 3.13. The van der Waals surface area contributed by atoms with Gasteiger partial charge < -0.3 is 10.2 Å². The summed E-state index contributed by atoms with van der Waals surface area (Å²) in [6.45, 7) is 9.68. The van der Waals surface area contributed by atoms with Gasteiger partial charge in [-0.3, -0.25) is 4.79 Å². The van der Waals surface area contributed by atoms with Crippen molar-refractivity contribution in [2.24, 2.45) is 5.92 Å². The van der Waals surface area contributed by atoms with Gasteiger partial charge in [-0.05, 0) is 25.1 Å². The summed E-state index contributed by atoms with van der Waals surface area (Å²) >= 11 is 0. The van der Waals surface area contributed by atoms with Crippen molar-refractivity contribution >= 4 is 23.2 Å². The Morgan fingerprint density at radius 1 is 1.39 bits per heavy atom. The van der Waals surface area contributed by atoms with E-state index in [1.54, 1.807) is 6.92 Å². The van der Waals surface area contributed by atoms with Gasteiger partial charge in [-0.1, -0.05) is 12.1 Å². The van der Waals surface area contributed by atoms with E-state index in [1.165, 1.54) is 21.7 Å². The zero-order valence-corrected chi connectivity index (χ0v) is 16.6. The number of hydrogen-bond acceptors (Lipinski definition) is 4. The van der Waals surface area contributed by atoms with Crippen LogP contribution in [0, 0.1) is 18.3 Å². The first kappa shape index (κ1) is 22.2. The van der Waals surface area contributed by atoms with Crippen molar-refractivity contribution in [3.8, 4) is 0 Å². The standard InChI is InChI=1S/C19H18F4N6O2/c1-10(19(21,22)23)6-16(30)17-15-9-28(8-11(2)29(15)27-26-17)18(31)25-12-4-5-13(20)14(7-12)24-3/h4-5,7,10-11H,6,8-9H2,1-2H3,(H,25,31)/t10-,11?/m0/s1. The Balaban J connectivity index is 1.78. The molecule has 1 aliphatic heterocycles. The third kappa shape index (κ3) is 4.65. The Labute approximate surface area is 174 Å². The molecule has 1 unspecified atom stereocenters. The Morgan fingerprint density at radius 2 is 2.10 bits per heavy atom. The number of carbonyl (C=O) groups is 2. The lowest BCUT2D eigenvalue weighted by Gasteiger charge is -2.32. The van der Waals surface area contributed by atoms with Gasteiger partial charge in [0.25, 0.3) is 0 Å². The first-order chi connectivity index (χ1) is 14.5. The zero-order chi connectivity index (χ0) is 22.9. The highest BCUT2D eigenvalue weighted by atomic mass is 19.4. The van der Waals surface area contributed by atoms with Crippen molar-refractivity contribution < 1.29 is 27.2 Å². The molecule has 1 N–H and O–H groups in total. The minimum absolute atomic E-state index is 0.0957. The van der Waals surface area contributed by atoms with E-state index in [0.29, 0.717) is 0 Å². The molecule has 1 aromatic heterocycles. The van der Waals surface area contributed by atoms with Crippen LogP contribution in [0.5, 0.6) is 0 Å². The summed E-state index contributed by atoms with van der Waals surface area (Å²) in [5, 5.41) is 10.2. The largest absolute Gasteiger partial charge is 0.391 e. The number of benzene rings is 1. The molecule has 0 saturated heterocycles. The van der Waals surface area contributed by atoms with E-state index in [9.17, 15) is 27.2 Å². The van der Waals surface area contributed by atoms with E-state index in [4.69, 9.17) is 6.57 Å². The number of Topliss-reactive ketones (excluding diaryl/α,β-unsaturated/α-hetero) is 1. The lowest BCUT2D eigenvalue weighted by atomic mass is 10.0. The molecular formula is C19H18F4N6O2. The van der Waals surface area contributed by atoms with Crippen molar-refractivity contribution in [2.75, 3.05) is 11.9 Å². The highest BCUT2D eigenvalue weighted by Gasteiger charge is 2.39. The number of fused-ring (bicyclic) bond motifs is 1. The molecule has 0 spiro atoms. The molecule has 2 atom stereocenters. The third-order valence-electron chi connectivity index (χ3n) is 4.95. The SMILES string of the molecule is [C-]#[N+]c1cc(NC(=O)N2Cc3c(C(=O)C[C@H](C)C(F)(F)F)nnn3C(C)C2)ccc1F. The number of hydrogen-bond donors (Lipinski definition) is 1. The molecule has 0 fully saturated rings. The van der Waals surface area contributed by atoms with Gasteiger partial charge in [0.05, 0.1) is 30.8 Å². The fourth-order valence-corrected chi connectivity index (χ4v) is 3.20. The molecule has 2 aromatic rings. The van der Waals surface area contributed by atoms with Crippen molar-refractivity contribution in [3.63, 3.8) is 0 Å². The smallest absolute Gasteiger partial charge is 0.316 e. The van der Waals surface area contributed by atoms with Crippen LogP contribution in [0.4, 0.5) is 33.7 Å². The molecule has 12 heteroatoms. The Bertz CT molecular complexity index is 1060. The van der Waals surface area contributed by atoms with Crippen LogP contribution in [0.1, 0.15) is 42.5 Å². The van der Waals surface area contributed by atoms with Gasteiger partial charge in [-0.2, -0.15) is 13.2 Å². The summed E-state index contributed by atoms with van der Waals surface area (Å²) in [6.07, 6.45) is -5.29. The third-order valence-corrected chi connectivity index (χ3v) is 4.95. The van der Waals surface area contributed by atoms with Crippen molar-refractivity contribution in [1.29, 1.82) is 0 Å². The number of ketones is 1. The lowest BCUT2D eigenvalue weighted by molar-refractivity contribution is -0.168. The highest BCUT2D eigenvalue weighted by Crippen LogP contribution is 2.31. The normalized spacial score (nSPS) is 16.9. The van der Waals surface area contributed by atoms with Crippen molar-refractivity contribution in [1.82, 2.24) is 19.9 Å². The maximum atomic E-state index is 13.5. The van der Waals surface area contributed by atoms with Crippen LogP contribution in [0.25, 0.3) is 4.85 Å². The highest BCUT2D eigenvalue weighted by molar-refractivity contribution is 5.96. The van der Waals surface area contributed by atoms with Crippen LogP contribution in [0.15, 0.2) is 18.2 Å². The van der Waals surface area contributed by atoms with Crippen LogP contribution in [-0.4, -0.2) is 44.4 Å². The number of nitrogens with zero attached hydrogens (tertiary/aromatic N) is 5. The van der Waals surface area contributed by atoms with Gasteiger partial charge in [-0.25, -0.2) is 18.7 Å². The van der Waals surface area contributed by atoms with E-state index in [-0.39, 0.29) is 41.9 Å². The molecule has 3 rings (SSSR count). The number of halogens is 4. The molecule has 0 saturated carbocycles. The van der Waals surface area contributed by atoms with Crippen LogP contribution in [0.2, 0.25) is 0 Å². The topological polar surface area (TPSA) is 84.5 Å². The fraction of sp³-hybridized carbons (Fsp3) is 0.421. The summed E-state index contributed by atoms with van der Waals surface area (Å²) in [4.78, 5) is 29.5. The van der Waals surface area contributed by atoms with Crippen molar-refractivity contribution in [3.05, 3.63) is 46.8 Å². The molecule has 0 aliphatic carbocycles. The molecule has 0 bridgehead atoms. The fourth-order valence-electron chi connectivity index (χ4n) is 3.20. The van der Waals surface area contributed by atoms with Crippen molar-refractivity contribution in [2.45, 2.75) is 39.0 Å². The second kappa shape index (κ2) is 8.33. The predicted molar refractivity (Wildman–Crippen MR) is 101 cm³/mol. The van der Waals surface area contributed by atoms with E-state index in [0.717, 1.165) is 13.0 Å². The molecule has 2 amide bonds. The Kier molecular flexibility index (Phi) is 5.97. The first-order valence-electron chi connectivity index (χ1n) is 9.28. The molecule has 1 aliphatic rings. The number of carbonyl (C=O) groups excluding carboxylic acids is 2. The molecule has 2 heterocycles. The number of nitrogens with one attached hydrogen (secondary N) is 1. The number of anilines is 1. The van der Waals surface area contributed by atoms with Crippen LogP contribution >= 0.6 is 0 Å². The number of amides is 2. The second-order valence-corrected chi connectivity index (χ2v) is 7.34. The quantitative estimate of drug-likeness (QED) is 0.437. The number of aromatic nitrogens is 3. The van der Waals surface area contributed by atoms with Gasteiger partial charge in [0.2, 0.25) is 5.69 Å². The number of alkyl halides is 3. The Hall–Kier alpha value is -3.49. The second-order valence-electron chi connectivity index (χ2n) is 7.34. The molecule has 164 valence electrons. The number of urea groups is 1. The maximum absolute atomic E-state index is 13.5. The summed E-state index contributed by atoms with van der Waals surface area (Å²) in [6, 6.07) is 2.58. The van der Waals surface area contributed by atoms with E-state index in [2.05, 4.69) is 20.5 Å². The maximum Gasteiger partial charge on any atom is 0.391 e. The summed E-state index contributed by atoms with van der Waals surface area (Å²) in [5.74, 6) is -3.36. The molecule has 0 radical (unpaired) electrons.